The molecule has 0 radical (unpaired) electrons. The maximum Gasteiger partial charge on any atom is 0.143 e. The van der Waals surface area contributed by atoms with Gasteiger partial charge in [-0.3, -0.25) is 0 Å². The van der Waals surface area contributed by atoms with Gasteiger partial charge in [0.15, 0.2) is 0 Å². The molecule has 1 atom stereocenters. The standard InChI is InChI=1S/C9H11ClN2O2/c10-7-4-12-9(11)3-8(7)14-6-1-2-13-5-6/h3-4,6H,1-2,5H2,(H2,11,12). The SMILES string of the molecule is Nc1cc(OC2CCOC2)c(Cl)cn1. The summed E-state index contributed by atoms with van der Waals surface area (Å²) in [6.07, 6.45) is 2.45. The van der Waals surface area contributed by atoms with Gasteiger partial charge in [-0.2, -0.15) is 0 Å². The number of nitrogens with two attached hydrogens (primary N) is 1. The second-order valence-corrected chi connectivity index (χ2v) is 3.55. The quantitative estimate of drug-likeness (QED) is 0.811. The third kappa shape index (κ3) is 2.08. The van der Waals surface area contributed by atoms with E-state index >= 15 is 0 Å². The molecule has 76 valence electrons. The highest BCUT2D eigenvalue weighted by Crippen LogP contribution is 2.27. The molecule has 1 aromatic rings. The van der Waals surface area contributed by atoms with E-state index in [4.69, 9.17) is 26.8 Å². The minimum atomic E-state index is 0.0781. The number of hydrogen-bond acceptors (Lipinski definition) is 4. The Morgan fingerprint density at radius 3 is 3.21 bits per heavy atom. The third-order valence-corrected chi connectivity index (χ3v) is 2.31. The molecule has 0 amide bonds. The lowest BCUT2D eigenvalue weighted by Crippen LogP contribution is -2.16. The van der Waals surface area contributed by atoms with Gasteiger partial charge in [0, 0.05) is 12.5 Å². The summed E-state index contributed by atoms with van der Waals surface area (Å²) in [5.41, 5.74) is 5.52. The summed E-state index contributed by atoms with van der Waals surface area (Å²) in [5, 5.41) is 0.478. The van der Waals surface area contributed by atoms with Gasteiger partial charge in [0.25, 0.3) is 0 Å². The first-order valence-electron chi connectivity index (χ1n) is 4.41. The van der Waals surface area contributed by atoms with Gasteiger partial charge in [0.1, 0.15) is 22.7 Å². The number of anilines is 1. The Morgan fingerprint density at radius 2 is 2.50 bits per heavy atom. The summed E-state index contributed by atoms with van der Waals surface area (Å²) in [6.45, 7) is 1.35. The highest BCUT2D eigenvalue weighted by Gasteiger charge is 2.18. The van der Waals surface area contributed by atoms with Crippen LogP contribution < -0.4 is 10.5 Å². The van der Waals surface area contributed by atoms with Gasteiger partial charge >= 0.3 is 0 Å². The smallest absolute Gasteiger partial charge is 0.143 e. The Balaban J connectivity index is 2.10. The Kier molecular flexibility index (Phi) is 2.74. The number of halogens is 1. The van der Waals surface area contributed by atoms with Crippen molar-refractivity contribution in [3.05, 3.63) is 17.3 Å². The lowest BCUT2D eigenvalue weighted by Gasteiger charge is -2.12. The maximum atomic E-state index is 5.89. The molecule has 1 unspecified atom stereocenters. The van der Waals surface area contributed by atoms with Gasteiger partial charge in [-0.05, 0) is 0 Å². The molecule has 0 aliphatic carbocycles. The van der Waals surface area contributed by atoms with Gasteiger partial charge in [0.05, 0.1) is 19.4 Å². The number of aromatic nitrogens is 1. The van der Waals surface area contributed by atoms with Crippen molar-refractivity contribution >= 4 is 17.4 Å². The van der Waals surface area contributed by atoms with Gasteiger partial charge in [-0.1, -0.05) is 11.6 Å². The van der Waals surface area contributed by atoms with E-state index in [9.17, 15) is 0 Å². The number of nitrogen functional groups attached to an aromatic ring is 1. The van der Waals surface area contributed by atoms with Crippen LogP contribution in [0.4, 0.5) is 5.82 Å². The minimum Gasteiger partial charge on any atom is -0.486 e. The van der Waals surface area contributed by atoms with Crippen LogP contribution in [0.2, 0.25) is 5.02 Å². The molecule has 1 aromatic heterocycles. The topological polar surface area (TPSA) is 57.4 Å². The molecule has 1 aliphatic heterocycles. The zero-order chi connectivity index (χ0) is 9.97. The molecule has 0 saturated carbocycles. The van der Waals surface area contributed by atoms with E-state index in [1.165, 1.54) is 6.20 Å². The predicted octanol–water partition coefficient (Wildman–Crippen LogP) is 1.48. The van der Waals surface area contributed by atoms with Crippen LogP contribution in [0.1, 0.15) is 6.42 Å². The Hall–Kier alpha value is -1.00. The molecule has 2 rings (SSSR count). The molecule has 4 nitrogen and oxygen atoms in total. The molecular formula is C9H11ClN2O2. The lowest BCUT2D eigenvalue weighted by atomic mass is 10.3. The van der Waals surface area contributed by atoms with Crippen LogP contribution in [0.5, 0.6) is 5.75 Å². The molecule has 5 heteroatoms. The van der Waals surface area contributed by atoms with Crippen LogP contribution in [0.15, 0.2) is 12.3 Å². The second-order valence-electron chi connectivity index (χ2n) is 3.14. The Bertz CT molecular complexity index is 327. The summed E-state index contributed by atoms with van der Waals surface area (Å²) in [6, 6.07) is 1.63. The second kappa shape index (κ2) is 4.02. The van der Waals surface area contributed by atoms with Crippen molar-refractivity contribution in [3.8, 4) is 5.75 Å². The first-order chi connectivity index (χ1) is 6.75. The number of rotatable bonds is 2. The summed E-state index contributed by atoms with van der Waals surface area (Å²) in [7, 11) is 0. The monoisotopic (exact) mass is 214 g/mol. The zero-order valence-corrected chi connectivity index (χ0v) is 8.33. The van der Waals surface area contributed by atoms with Crippen LogP contribution in [-0.4, -0.2) is 24.3 Å². The molecular weight excluding hydrogens is 204 g/mol. The fraction of sp³-hybridized carbons (Fsp3) is 0.444. The molecule has 1 saturated heterocycles. The fourth-order valence-electron chi connectivity index (χ4n) is 1.31. The molecule has 0 aromatic carbocycles. The van der Waals surface area contributed by atoms with E-state index in [1.54, 1.807) is 6.07 Å². The molecule has 0 bridgehead atoms. The van der Waals surface area contributed by atoms with E-state index in [0.29, 0.717) is 23.2 Å². The number of nitrogens with zero attached hydrogens (tertiary/aromatic N) is 1. The van der Waals surface area contributed by atoms with E-state index in [0.717, 1.165) is 13.0 Å². The summed E-state index contributed by atoms with van der Waals surface area (Å²) < 4.78 is 10.8. The van der Waals surface area contributed by atoms with Crippen LogP contribution in [-0.2, 0) is 4.74 Å². The first kappa shape index (κ1) is 9.55. The Morgan fingerprint density at radius 1 is 1.64 bits per heavy atom. The van der Waals surface area contributed by atoms with Crippen molar-refractivity contribution in [2.45, 2.75) is 12.5 Å². The highest BCUT2D eigenvalue weighted by molar-refractivity contribution is 6.31. The van der Waals surface area contributed by atoms with Gasteiger partial charge in [-0.25, -0.2) is 4.98 Å². The molecule has 0 spiro atoms. The molecule has 2 heterocycles. The van der Waals surface area contributed by atoms with E-state index < -0.39 is 0 Å². The van der Waals surface area contributed by atoms with Crippen molar-refractivity contribution in [3.63, 3.8) is 0 Å². The summed E-state index contributed by atoms with van der Waals surface area (Å²) in [4.78, 5) is 3.85. The first-order valence-corrected chi connectivity index (χ1v) is 4.79. The highest BCUT2D eigenvalue weighted by atomic mass is 35.5. The van der Waals surface area contributed by atoms with Crippen molar-refractivity contribution < 1.29 is 9.47 Å². The maximum absolute atomic E-state index is 5.89. The summed E-state index contributed by atoms with van der Waals surface area (Å²) in [5.74, 6) is 0.984. The molecule has 2 N–H and O–H groups in total. The number of hydrogen-bond donors (Lipinski definition) is 1. The van der Waals surface area contributed by atoms with Gasteiger partial charge < -0.3 is 15.2 Å². The molecule has 1 fully saturated rings. The summed E-state index contributed by atoms with van der Waals surface area (Å²) >= 11 is 5.89. The average Bonchev–Trinajstić information content (AvgIpc) is 2.64. The van der Waals surface area contributed by atoms with Gasteiger partial charge in [-0.15, -0.1) is 0 Å². The van der Waals surface area contributed by atoms with Crippen molar-refractivity contribution in [2.24, 2.45) is 0 Å². The third-order valence-electron chi connectivity index (χ3n) is 2.02. The van der Waals surface area contributed by atoms with Crippen LogP contribution in [0.3, 0.4) is 0 Å². The van der Waals surface area contributed by atoms with Crippen molar-refractivity contribution in [1.82, 2.24) is 4.98 Å². The fourth-order valence-corrected chi connectivity index (χ4v) is 1.46. The number of ether oxygens (including phenoxy) is 2. The van der Waals surface area contributed by atoms with Crippen molar-refractivity contribution in [2.75, 3.05) is 18.9 Å². The Labute approximate surface area is 87.0 Å². The lowest BCUT2D eigenvalue weighted by molar-refractivity contribution is 0.141. The van der Waals surface area contributed by atoms with E-state index in [2.05, 4.69) is 4.98 Å². The average molecular weight is 215 g/mol. The molecule has 1 aliphatic rings. The number of pyridine rings is 1. The normalized spacial score (nSPS) is 21.1. The van der Waals surface area contributed by atoms with Crippen LogP contribution >= 0.6 is 11.6 Å². The largest absolute Gasteiger partial charge is 0.486 e. The predicted molar refractivity (Wildman–Crippen MR) is 53.5 cm³/mol. The van der Waals surface area contributed by atoms with Crippen molar-refractivity contribution in [1.29, 1.82) is 0 Å². The van der Waals surface area contributed by atoms with Gasteiger partial charge in [0.2, 0.25) is 0 Å². The van der Waals surface area contributed by atoms with E-state index in [1.807, 2.05) is 0 Å². The molecule has 14 heavy (non-hydrogen) atoms. The van der Waals surface area contributed by atoms with Crippen LogP contribution in [0.25, 0.3) is 0 Å². The van der Waals surface area contributed by atoms with E-state index in [-0.39, 0.29) is 6.10 Å². The van der Waals surface area contributed by atoms with Crippen LogP contribution in [0, 0.1) is 0 Å². The minimum absolute atomic E-state index is 0.0781. The zero-order valence-electron chi connectivity index (χ0n) is 7.57.